The lowest BCUT2D eigenvalue weighted by molar-refractivity contribution is -0.131. The van der Waals surface area contributed by atoms with E-state index in [0.717, 1.165) is 11.8 Å². The predicted molar refractivity (Wildman–Crippen MR) is 71.1 cm³/mol. The third kappa shape index (κ3) is 3.94. The summed E-state index contributed by atoms with van der Waals surface area (Å²) >= 11 is 0. The molecule has 1 rings (SSSR count). The molecule has 104 valence electrons. The zero-order valence-electron chi connectivity index (χ0n) is 11.5. The van der Waals surface area contributed by atoms with Gasteiger partial charge in [-0.05, 0) is 27.7 Å². The number of amides is 1. The lowest BCUT2D eigenvalue weighted by atomic mass is 10.2. The van der Waals surface area contributed by atoms with Gasteiger partial charge in [-0.3, -0.25) is 9.48 Å². The van der Waals surface area contributed by atoms with E-state index >= 15 is 0 Å². The molecule has 0 saturated carbocycles. The van der Waals surface area contributed by atoms with Crippen LogP contribution in [0.15, 0.2) is 18.3 Å². The van der Waals surface area contributed by atoms with Crippen molar-refractivity contribution < 1.29 is 14.7 Å². The number of carboxylic acids is 1. The second-order valence-electron chi connectivity index (χ2n) is 4.64. The highest BCUT2D eigenvalue weighted by Crippen LogP contribution is 2.12. The summed E-state index contributed by atoms with van der Waals surface area (Å²) in [6.07, 6.45) is 3.95. The fourth-order valence-corrected chi connectivity index (χ4v) is 1.73. The maximum Gasteiger partial charge on any atom is 0.328 e. The van der Waals surface area contributed by atoms with Crippen LogP contribution < -0.4 is 5.32 Å². The molecule has 1 unspecified atom stereocenters. The van der Waals surface area contributed by atoms with Crippen molar-refractivity contribution in [2.45, 2.75) is 39.8 Å². The minimum absolute atomic E-state index is 0.186. The number of carbonyl (C=O) groups is 2. The van der Waals surface area contributed by atoms with Crippen molar-refractivity contribution in [3.63, 3.8) is 0 Å². The standard InChI is InChI=1S/C13H19N3O3/c1-8(2)16-10(4)11(7-14-16)13(19)15-9(3)5-6-12(17)18/h5-9H,1-4H3,(H,15,19)(H,17,18)/b6-5+. The van der Waals surface area contributed by atoms with E-state index in [4.69, 9.17) is 5.11 Å². The molecule has 0 aliphatic carbocycles. The van der Waals surface area contributed by atoms with E-state index < -0.39 is 5.97 Å². The van der Waals surface area contributed by atoms with Gasteiger partial charge in [0.2, 0.25) is 0 Å². The summed E-state index contributed by atoms with van der Waals surface area (Å²) in [5.74, 6) is -1.29. The number of rotatable bonds is 5. The van der Waals surface area contributed by atoms with Gasteiger partial charge < -0.3 is 10.4 Å². The van der Waals surface area contributed by atoms with Gasteiger partial charge in [-0.15, -0.1) is 0 Å². The van der Waals surface area contributed by atoms with E-state index in [1.165, 1.54) is 12.3 Å². The molecule has 1 aromatic rings. The second-order valence-corrected chi connectivity index (χ2v) is 4.64. The highest BCUT2D eigenvalue weighted by atomic mass is 16.4. The Hall–Kier alpha value is -2.11. The van der Waals surface area contributed by atoms with Crippen LogP contribution in [0, 0.1) is 6.92 Å². The topological polar surface area (TPSA) is 84.2 Å². The van der Waals surface area contributed by atoms with E-state index in [0.29, 0.717) is 5.56 Å². The van der Waals surface area contributed by atoms with E-state index in [2.05, 4.69) is 10.4 Å². The maximum absolute atomic E-state index is 12.0. The number of nitrogens with one attached hydrogen (secondary N) is 1. The molecule has 6 heteroatoms. The minimum atomic E-state index is -1.04. The molecule has 1 aromatic heterocycles. The number of carbonyl (C=O) groups excluding carboxylic acids is 1. The molecule has 0 aliphatic heterocycles. The lowest BCUT2D eigenvalue weighted by Crippen LogP contribution is -2.31. The first-order valence-electron chi connectivity index (χ1n) is 6.09. The summed E-state index contributed by atoms with van der Waals surface area (Å²) in [5, 5.41) is 15.4. The van der Waals surface area contributed by atoms with Crippen LogP contribution in [0.3, 0.4) is 0 Å². The van der Waals surface area contributed by atoms with Gasteiger partial charge in [-0.2, -0.15) is 5.10 Å². The van der Waals surface area contributed by atoms with Crippen LogP contribution in [-0.4, -0.2) is 32.8 Å². The molecule has 0 aromatic carbocycles. The smallest absolute Gasteiger partial charge is 0.328 e. The molecule has 0 aliphatic rings. The largest absolute Gasteiger partial charge is 0.478 e. The van der Waals surface area contributed by atoms with Gasteiger partial charge in [0.1, 0.15) is 0 Å². The summed E-state index contributed by atoms with van der Waals surface area (Å²) in [4.78, 5) is 22.4. The van der Waals surface area contributed by atoms with Crippen LogP contribution in [-0.2, 0) is 4.79 Å². The fourth-order valence-electron chi connectivity index (χ4n) is 1.73. The van der Waals surface area contributed by atoms with Crippen LogP contribution in [0.4, 0.5) is 0 Å². The summed E-state index contributed by atoms with van der Waals surface area (Å²) < 4.78 is 1.77. The average Bonchev–Trinajstić information content (AvgIpc) is 2.68. The van der Waals surface area contributed by atoms with Crippen LogP contribution in [0.5, 0.6) is 0 Å². The normalized spacial score (nSPS) is 12.9. The summed E-state index contributed by atoms with van der Waals surface area (Å²) in [6, 6.07) is -0.170. The van der Waals surface area contributed by atoms with Gasteiger partial charge in [0.05, 0.1) is 11.8 Å². The molecule has 19 heavy (non-hydrogen) atoms. The van der Waals surface area contributed by atoms with E-state index in [9.17, 15) is 9.59 Å². The van der Waals surface area contributed by atoms with Gasteiger partial charge in [0.25, 0.3) is 5.91 Å². The first-order valence-corrected chi connectivity index (χ1v) is 6.09. The molecule has 0 radical (unpaired) electrons. The quantitative estimate of drug-likeness (QED) is 0.791. The Morgan fingerprint density at radius 2 is 2.05 bits per heavy atom. The Morgan fingerprint density at radius 3 is 2.53 bits per heavy atom. The second kappa shape index (κ2) is 6.17. The fraction of sp³-hybridized carbons (Fsp3) is 0.462. The summed E-state index contributed by atoms with van der Waals surface area (Å²) in [5.41, 5.74) is 1.30. The highest BCUT2D eigenvalue weighted by Gasteiger charge is 2.16. The number of hydrogen-bond acceptors (Lipinski definition) is 3. The molecule has 0 saturated heterocycles. The van der Waals surface area contributed by atoms with Crippen molar-refractivity contribution in [2.75, 3.05) is 0 Å². The van der Waals surface area contributed by atoms with Crippen LogP contribution in [0.25, 0.3) is 0 Å². The molecule has 1 atom stereocenters. The first-order chi connectivity index (χ1) is 8.82. The van der Waals surface area contributed by atoms with Gasteiger partial charge in [0.15, 0.2) is 0 Å². The summed E-state index contributed by atoms with van der Waals surface area (Å²) in [7, 11) is 0. The van der Waals surface area contributed by atoms with Gasteiger partial charge in [-0.25, -0.2) is 4.79 Å². The maximum atomic E-state index is 12.0. The van der Waals surface area contributed by atoms with Crippen molar-refractivity contribution >= 4 is 11.9 Å². The van der Waals surface area contributed by atoms with Crippen LogP contribution in [0.2, 0.25) is 0 Å². The highest BCUT2D eigenvalue weighted by molar-refractivity contribution is 5.95. The van der Waals surface area contributed by atoms with Crippen LogP contribution >= 0.6 is 0 Å². The molecule has 2 N–H and O–H groups in total. The summed E-state index contributed by atoms with van der Waals surface area (Å²) in [6.45, 7) is 7.51. The van der Waals surface area contributed by atoms with Gasteiger partial charge in [0, 0.05) is 23.9 Å². The molecule has 6 nitrogen and oxygen atoms in total. The van der Waals surface area contributed by atoms with Crippen molar-refractivity contribution in [2.24, 2.45) is 0 Å². The Bertz CT molecular complexity index is 503. The number of aliphatic carboxylic acids is 1. The number of hydrogen-bond donors (Lipinski definition) is 2. The van der Waals surface area contributed by atoms with Crippen molar-refractivity contribution in [3.8, 4) is 0 Å². The Labute approximate surface area is 112 Å². The lowest BCUT2D eigenvalue weighted by Gasteiger charge is -2.11. The predicted octanol–water partition coefficient (Wildman–Crippen LogP) is 1.53. The molecular formula is C13H19N3O3. The van der Waals surface area contributed by atoms with Crippen molar-refractivity contribution in [3.05, 3.63) is 29.6 Å². The van der Waals surface area contributed by atoms with Crippen molar-refractivity contribution in [1.29, 1.82) is 0 Å². The third-order valence-corrected chi connectivity index (χ3v) is 2.66. The zero-order valence-corrected chi connectivity index (χ0v) is 11.5. The SMILES string of the molecule is Cc1c(C(=O)NC(C)/C=C/C(=O)O)cnn1C(C)C. The third-order valence-electron chi connectivity index (χ3n) is 2.66. The zero-order chi connectivity index (χ0) is 14.6. The Balaban J connectivity index is 2.76. The number of aromatic nitrogens is 2. The van der Waals surface area contributed by atoms with E-state index in [1.54, 1.807) is 11.6 Å². The molecule has 1 heterocycles. The van der Waals surface area contributed by atoms with E-state index in [1.807, 2.05) is 20.8 Å². The van der Waals surface area contributed by atoms with Crippen LogP contribution in [0.1, 0.15) is 42.9 Å². The van der Waals surface area contributed by atoms with Crippen molar-refractivity contribution in [1.82, 2.24) is 15.1 Å². The number of nitrogens with zero attached hydrogens (tertiary/aromatic N) is 2. The molecule has 0 bridgehead atoms. The average molecular weight is 265 g/mol. The molecule has 0 spiro atoms. The minimum Gasteiger partial charge on any atom is -0.478 e. The van der Waals surface area contributed by atoms with E-state index in [-0.39, 0.29) is 18.0 Å². The first kappa shape index (κ1) is 14.9. The van der Waals surface area contributed by atoms with Gasteiger partial charge in [-0.1, -0.05) is 6.08 Å². The number of carboxylic acid groups (broad SMARTS) is 1. The Kier molecular flexibility index (Phi) is 4.86. The molecular weight excluding hydrogens is 246 g/mol. The van der Waals surface area contributed by atoms with Gasteiger partial charge >= 0.3 is 5.97 Å². The Morgan fingerprint density at radius 1 is 1.42 bits per heavy atom. The monoisotopic (exact) mass is 265 g/mol. The molecule has 1 amide bonds. The molecule has 0 fully saturated rings.